The number of carbonyl (C=O) groups excluding carboxylic acids is 1. The average molecular weight is 481 g/mol. The lowest BCUT2D eigenvalue weighted by Crippen LogP contribution is -2.42. The molecule has 0 bridgehead atoms. The Labute approximate surface area is 195 Å². The van der Waals surface area contributed by atoms with Crippen molar-refractivity contribution in [1.29, 1.82) is 0 Å². The van der Waals surface area contributed by atoms with Gasteiger partial charge in [-0.3, -0.25) is 9.80 Å². The van der Waals surface area contributed by atoms with Crippen LogP contribution < -0.4 is 9.75 Å². The van der Waals surface area contributed by atoms with Gasteiger partial charge in [0.1, 0.15) is 18.0 Å². The van der Waals surface area contributed by atoms with E-state index >= 15 is 4.39 Å². The zero-order chi connectivity index (χ0) is 25.5. The van der Waals surface area contributed by atoms with Crippen molar-refractivity contribution in [2.24, 2.45) is 5.10 Å². The van der Waals surface area contributed by atoms with Crippen LogP contribution in [-0.4, -0.2) is 53.2 Å². The highest BCUT2D eigenvalue weighted by Crippen LogP contribution is 2.29. The molecular formula is C23H27F4N5O2. The number of hydrogen-bond acceptors (Lipinski definition) is 6. The molecule has 1 heterocycles. The maximum atomic E-state index is 15.1. The number of benzene rings is 1. The number of ether oxygens (including phenoxy) is 1. The maximum Gasteiger partial charge on any atom is 0.419 e. The lowest BCUT2D eigenvalue weighted by Gasteiger charge is -2.29. The number of amides is 1. The molecule has 1 amide bonds. The van der Waals surface area contributed by atoms with Crippen molar-refractivity contribution in [3.63, 3.8) is 0 Å². The van der Waals surface area contributed by atoms with Crippen LogP contribution in [0, 0.1) is 12.7 Å². The Balaban J connectivity index is 2.24. The first-order valence-corrected chi connectivity index (χ1v) is 10.5. The van der Waals surface area contributed by atoms with Gasteiger partial charge in [-0.1, -0.05) is 12.1 Å². The van der Waals surface area contributed by atoms with Gasteiger partial charge in [-0.25, -0.2) is 14.4 Å². The highest BCUT2D eigenvalue weighted by atomic mass is 19.4. The number of hydrogen-bond donors (Lipinski definition) is 0. The molecule has 0 aliphatic rings. The summed E-state index contributed by atoms with van der Waals surface area (Å²) in [7, 11) is 1.60. The Bertz CT molecular complexity index is 1040. The summed E-state index contributed by atoms with van der Waals surface area (Å²) in [6, 6.07) is 2.36. The minimum atomic E-state index is -4.56. The van der Waals surface area contributed by atoms with Gasteiger partial charge >= 0.3 is 12.2 Å². The normalized spacial score (nSPS) is 12.9. The Kier molecular flexibility index (Phi) is 9.11. The molecule has 0 spiro atoms. The van der Waals surface area contributed by atoms with Crippen molar-refractivity contribution in [2.45, 2.75) is 39.9 Å². The first-order chi connectivity index (χ1) is 16.0. The number of likely N-dealkylation sites (N-methyl/N-ethyl adjacent to an activating group) is 1. The van der Waals surface area contributed by atoms with Crippen LogP contribution in [-0.2, 0) is 6.18 Å². The third-order valence-electron chi connectivity index (χ3n) is 4.94. The molecule has 0 saturated carbocycles. The second-order valence-electron chi connectivity index (χ2n) is 7.41. The number of alkyl halides is 3. The van der Waals surface area contributed by atoms with E-state index in [4.69, 9.17) is 4.74 Å². The number of rotatable bonds is 9. The van der Waals surface area contributed by atoms with Crippen molar-refractivity contribution >= 4 is 17.8 Å². The average Bonchev–Trinajstić information content (AvgIpc) is 2.79. The van der Waals surface area contributed by atoms with Gasteiger partial charge in [0.15, 0.2) is 0 Å². The first kappa shape index (κ1) is 26.7. The number of allylic oxidation sites excluding steroid dienone is 2. The lowest BCUT2D eigenvalue weighted by molar-refractivity contribution is -0.138. The molecule has 34 heavy (non-hydrogen) atoms. The first-order valence-electron chi connectivity index (χ1n) is 10.5. The summed E-state index contributed by atoms with van der Waals surface area (Å²) >= 11 is 0. The number of halogens is 4. The van der Waals surface area contributed by atoms with Gasteiger partial charge < -0.3 is 9.64 Å². The Hall–Kier alpha value is -3.50. The Morgan fingerprint density at radius 2 is 1.91 bits per heavy atom. The van der Waals surface area contributed by atoms with Crippen LogP contribution in [0.25, 0.3) is 0 Å². The molecule has 11 heteroatoms. The summed E-state index contributed by atoms with van der Waals surface area (Å²) in [6.45, 7) is 6.91. The lowest BCUT2D eigenvalue weighted by atomic mass is 10.1. The minimum Gasteiger partial charge on any atom is -0.461 e. The van der Waals surface area contributed by atoms with Crippen LogP contribution in [0.5, 0.6) is 6.01 Å². The van der Waals surface area contributed by atoms with Crippen LogP contribution in [0.1, 0.15) is 42.3 Å². The Morgan fingerprint density at radius 1 is 1.26 bits per heavy atom. The van der Waals surface area contributed by atoms with Crippen molar-refractivity contribution < 1.29 is 27.1 Å². The molecular weight excluding hydrogens is 454 g/mol. The summed E-state index contributed by atoms with van der Waals surface area (Å²) in [5.41, 5.74) is -0.552. The second-order valence-corrected chi connectivity index (χ2v) is 7.41. The van der Waals surface area contributed by atoms with Gasteiger partial charge in [-0.05, 0) is 45.4 Å². The van der Waals surface area contributed by atoms with E-state index in [1.165, 1.54) is 16.1 Å². The van der Waals surface area contributed by atoms with E-state index < -0.39 is 29.5 Å². The molecule has 0 aliphatic carbocycles. The van der Waals surface area contributed by atoms with E-state index in [-0.39, 0.29) is 30.4 Å². The molecule has 0 N–H and O–H groups in total. The number of carbonyl (C=O) groups is 1. The SMILES string of the molecule is C/C=C\C=N/N(C)c1ccc(C)c(F)c1C(=O)N(CC)C(C)COc1ncc(C(F)(F)F)cn1. The summed E-state index contributed by atoms with van der Waals surface area (Å²) in [5.74, 6) is -1.23. The maximum absolute atomic E-state index is 15.1. The highest BCUT2D eigenvalue weighted by molar-refractivity contribution is 6.00. The van der Waals surface area contributed by atoms with Crippen molar-refractivity contribution in [2.75, 3.05) is 25.2 Å². The highest BCUT2D eigenvalue weighted by Gasteiger charge is 2.32. The second kappa shape index (κ2) is 11.6. The zero-order valence-corrected chi connectivity index (χ0v) is 19.6. The van der Waals surface area contributed by atoms with E-state index in [1.54, 1.807) is 52.1 Å². The van der Waals surface area contributed by atoms with Gasteiger partial charge in [0, 0.05) is 32.2 Å². The predicted molar refractivity (Wildman–Crippen MR) is 122 cm³/mol. The van der Waals surface area contributed by atoms with Crippen LogP contribution in [0.4, 0.5) is 23.2 Å². The molecule has 1 aromatic heterocycles. The smallest absolute Gasteiger partial charge is 0.419 e. The number of aryl methyl sites for hydroxylation is 1. The molecule has 0 aliphatic heterocycles. The quantitative estimate of drug-likeness (QED) is 0.290. The van der Waals surface area contributed by atoms with Crippen molar-refractivity contribution in [1.82, 2.24) is 14.9 Å². The zero-order valence-electron chi connectivity index (χ0n) is 19.6. The molecule has 1 atom stereocenters. The van der Waals surface area contributed by atoms with E-state index in [9.17, 15) is 18.0 Å². The van der Waals surface area contributed by atoms with Crippen molar-refractivity contribution in [3.8, 4) is 6.01 Å². The fraction of sp³-hybridized carbons (Fsp3) is 0.391. The van der Waals surface area contributed by atoms with E-state index in [0.29, 0.717) is 18.0 Å². The van der Waals surface area contributed by atoms with Crippen LogP contribution in [0.3, 0.4) is 0 Å². The fourth-order valence-corrected chi connectivity index (χ4v) is 3.05. The molecule has 2 aromatic rings. The third-order valence-corrected chi connectivity index (χ3v) is 4.94. The van der Waals surface area contributed by atoms with Crippen molar-refractivity contribution in [3.05, 3.63) is 59.2 Å². The number of hydrazone groups is 1. The standard InChI is InChI=1S/C23H27F4N5O2/c1-6-8-11-30-31(5)18-10-9-15(3)20(24)19(18)21(33)32(7-2)16(4)14-34-22-28-12-17(13-29-22)23(25,26)27/h6,8-13,16H,7,14H2,1-5H3/b8-6-,30-11-. The monoisotopic (exact) mass is 481 g/mol. The molecule has 1 unspecified atom stereocenters. The van der Waals surface area contributed by atoms with E-state index in [1.807, 2.05) is 6.92 Å². The molecule has 7 nitrogen and oxygen atoms in total. The number of nitrogens with zero attached hydrogens (tertiary/aromatic N) is 5. The summed E-state index contributed by atoms with van der Waals surface area (Å²) in [5, 5.41) is 5.59. The van der Waals surface area contributed by atoms with Crippen LogP contribution >= 0.6 is 0 Å². The van der Waals surface area contributed by atoms with Gasteiger partial charge in [0.25, 0.3) is 5.91 Å². The molecule has 0 saturated heterocycles. The minimum absolute atomic E-state index is 0.108. The third kappa shape index (κ3) is 6.52. The van der Waals surface area contributed by atoms with Crippen LogP contribution in [0.2, 0.25) is 0 Å². The van der Waals surface area contributed by atoms with Gasteiger partial charge in [0.2, 0.25) is 0 Å². The summed E-state index contributed by atoms with van der Waals surface area (Å²) in [6.07, 6.45) is 1.67. The van der Waals surface area contributed by atoms with Crippen LogP contribution in [0.15, 0.2) is 41.8 Å². The number of aromatic nitrogens is 2. The molecule has 2 rings (SSSR count). The van der Waals surface area contributed by atoms with E-state index in [0.717, 1.165) is 0 Å². The topological polar surface area (TPSA) is 70.9 Å². The molecule has 0 radical (unpaired) electrons. The Morgan fingerprint density at radius 3 is 2.47 bits per heavy atom. The molecule has 184 valence electrons. The number of anilines is 1. The fourth-order valence-electron chi connectivity index (χ4n) is 3.05. The molecule has 0 fully saturated rings. The summed E-state index contributed by atoms with van der Waals surface area (Å²) in [4.78, 5) is 21.9. The largest absolute Gasteiger partial charge is 0.461 e. The summed E-state index contributed by atoms with van der Waals surface area (Å²) < 4.78 is 58.5. The molecule has 1 aromatic carbocycles. The van der Waals surface area contributed by atoms with Gasteiger partial charge in [0.05, 0.1) is 17.3 Å². The van der Waals surface area contributed by atoms with Gasteiger partial charge in [-0.15, -0.1) is 0 Å². The van der Waals surface area contributed by atoms with Gasteiger partial charge in [-0.2, -0.15) is 18.3 Å². The predicted octanol–water partition coefficient (Wildman–Crippen LogP) is 4.87. The van der Waals surface area contributed by atoms with E-state index in [2.05, 4.69) is 15.1 Å².